The summed E-state index contributed by atoms with van der Waals surface area (Å²) in [7, 11) is 0. The Morgan fingerprint density at radius 2 is 1.18 bits per heavy atom. The highest BCUT2D eigenvalue weighted by molar-refractivity contribution is 5.95. The molecule has 3 aromatic carbocycles. The molecule has 0 atom stereocenters. The summed E-state index contributed by atoms with van der Waals surface area (Å²) >= 11 is 0. The third-order valence-electron chi connectivity index (χ3n) is 6.34. The first-order valence-electron chi connectivity index (χ1n) is 14.3. The van der Waals surface area contributed by atoms with Gasteiger partial charge >= 0.3 is 0 Å². The summed E-state index contributed by atoms with van der Waals surface area (Å²) in [5.41, 5.74) is 9.41. The summed E-state index contributed by atoms with van der Waals surface area (Å²) in [5.74, 6) is -0.0346. The third-order valence-corrected chi connectivity index (χ3v) is 6.34. The molecule has 4 aromatic rings. The fourth-order valence-electron chi connectivity index (χ4n) is 4.14. The van der Waals surface area contributed by atoms with Gasteiger partial charge in [0.15, 0.2) is 5.78 Å². The van der Waals surface area contributed by atoms with Gasteiger partial charge in [-0.15, -0.1) is 0 Å². The SMILES string of the molecule is CC.CC.CC(=O)c1cc(C)nc(-c2ccccc2C)c1.Cc1ccccc1-c1cc(C(C)(C)C)cc(C)c1F. The summed E-state index contributed by atoms with van der Waals surface area (Å²) in [5, 5.41) is 0. The average molecular weight is 542 g/mol. The number of benzene rings is 3. The Morgan fingerprint density at radius 1 is 0.675 bits per heavy atom. The molecule has 0 radical (unpaired) electrons. The van der Waals surface area contributed by atoms with Crippen molar-refractivity contribution in [2.75, 3.05) is 0 Å². The number of halogens is 1. The van der Waals surface area contributed by atoms with Gasteiger partial charge in [-0.25, -0.2) is 4.39 Å². The molecule has 0 unspecified atom stereocenters. The number of Topliss-reactive ketones (excluding diaryl/α,β-unsaturated/α-hetero) is 1. The third kappa shape index (κ3) is 9.26. The predicted octanol–water partition coefficient (Wildman–Crippen LogP) is 11.0. The molecule has 0 N–H and O–H groups in total. The molecule has 4 rings (SSSR count). The number of aryl methyl sites for hydroxylation is 4. The van der Waals surface area contributed by atoms with Crippen LogP contribution in [0.15, 0.2) is 72.8 Å². The number of hydrogen-bond donors (Lipinski definition) is 0. The van der Waals surface area contributed by atoms with Crippen LogP contribution in [0, 0.1) is 33.5 Å². The number of rotatable bonds is 3. The molecule has 1 heterocycles. The van der Waals surface area contributed by atoms with Gasteiger partial charge in [-0.05, 0) is 86.1 Å². The first kappa shape index (κ1) is 34.4. The lowest BCUT2D eigenvalue weighted by Crippen LogP contribution is -2.12. The van der Waals surface area contributed by atoms with Crippen LogP contribution in [-0.4, -0.2) is 10.8 Å². The predicted molar refractivity (Wildman–Crippen MR) is 172 cm³/mol. The van der Waals surface area contributed by atoms with Gasteiger partial charge in [-0.1, -0.05) is 103 Å². The van der Waals surface area contributed by atoms with Crippen molar-refractivity contribution < 1.29 is 9.18 Å². The molecule has 0 aliphatic heterocycles. The zero-order valence-corrected chi connectivity index (χ0v) is 26.7. The normalized spacial score (nSPS) is 10.2. The van der Waals surface area contributed by atoms with Gasteiger partial charge in [-0.3, -0.25) is 9.78 Å². The zero-order chi connectivity index (χ0) is 30.6. The van der Waals surface area contributed by atoms with E-state index in [1.165, 1.54) is 11.1 Å². The molecule has 1 aromatic heterocycles. The Hall–Kier alpha value is -3.59. The van der Waals surface area contributed by atoms with Crippen LogP contribution in [0.3, 0.4) is 0 Å². The van der Waals surface area contributed by atoms with Gasteiger partial charge in [0.25, 0.3) is 0 Å². The maximum atomic E-state index is 14.4. The molecule has 0 saturated carbocycles. The number of carbonyl (C=O) groups excluding carboxylic acids is 1. The largest absolute Gasteiger partial charge is 0.295 e. The fraction of sp³-hybridized carbons (Fsp3) is 0.351. The van der Waals surface area contributed by atoms with Gasteiger partial charge in [0.05, 0.1) is 5.69 Å². The number of ketones is 1. The first-order chi connectivity index (χ1) is 18.9. The van der Waals surface area contributed by atoms with Crippen LogP contribution in [0.5, 0.6) is 0 Å². The second kappa shape index (κ2) is 15.9. The van der Waals surface area contributed by atoms with Gasteiger partial charge in [-0.2, -0.15) is 0 Å². The maximum Gasteiger partial charge on any atom is 0.159 e. The van der Waals surface area contributed by atoms with Crippen molar-refractivity contribution in [1.29, 1.82) is 0 Å². The highest BCUT2D eigenvalue weighted by atomic mass is 19.1. The topological polar surface area (TPSA) is 30.0 Å². The summed E-state index contributed by atoms with van der Waals surface area (Å²) in [6.45, 7) is 23.9. The first-order valence-corrected chi connectivity index (χ1v) is 14.3. The Labute approximate surface area is 242 Å². The molecule has 0 bridgehead atoms. The van der Waals surface area contributed by atoms with E-state index in [9.17, 15) is 9.18 Å². The number of aromatic nitrogens is 1. The van der Waals surface area contributed by atoms with Crippen molar-refractivity contribution in [3.05, 3.63) is 112 Å². The Kier molecular flexibility index (Phi) is 13.7. The van der Waals surface area contributed by atoms with Crippen LogP contribution in [0.2, 0.25) is 0 Å². The number of nitrogens with zero attached hydrogens (tertiary/aromatic N) is 1. The fourth-order valence-corrected chi connectivity index (χ4v) is 4.14. The van der Waals surface area contributed by atoms with Crippen LogP contribution < -0.4 is 0 Å². The van der Waals surface area contributed by atoms with Crippen LogP contribution >= 0.6 is 0 Å². The van der Waals surface area contributed by atoms with Gasteiger partial charge in [0, 0.05) is 22.4 Å². The minimum absolute atomic E-state index is 0.0237. The minimum atomic E-state index is -0.109. The lowest BCUT2D eigenvalue weighted by molar-refractivity contribution is 0.101. The van der Waals surface area contributed by atoms with Crippen LogP contribution in [0.1, 0.15) is 93.7 Å². The zero-order valence-electron chi connectivity index (χ0n) is 26.7. The molecule has 2 nitrogen and oxygen atoms in total. The number of carbonyl (C=O) groups is 1. The van der Waals surface area contributed by atoms with Crippen molar-refractivity contribution in [3.8, 4) is 22.4 Å². The summed E-state index contributed by atoms with van der Waals surface area (Å²) in [4.78, 5) is 15.9. The van der Waals surface area contributed by atoms with E-state index in [4.69, 9.17) is 0 Å². The van der Waals surface area contributed by atoms with E-state index in [1.54, 1.807) is 6.92 Å². The molecule has 214 valence electrons. The van der Waals surface area contributed by atoms with Crippen molar-refractivity contribution in [2.24, 2.45) is 0 Å². The van der Waals surface area contributed by atoms with E-state index in [0.717, 1.165) is 33.6 Å². The molecular formula is C37H48FNO. The molecule has 0 amide bonds. The second-order valence-electron chi connectivity index (χ2n) is 10.5. The molecular weight excluding hydrogens is 493 g/mol. The Bertz CT molecular complexity index is 1400. The van der Waals surface area contributed by atoms with E-state index in [-0.39, 0.29) is 17.0 Å². The van der Waals surface area contributed by atoms with E-state index in [2.05, 4.69) is 25.8 Å². The number of hydrogen-bond acceptors (Lipinski definition) is 2. The van der Waals surface area contributed by atoms with Crippen LogP contribution in [0.25, 0.3) is 22.4 Å². The van der Waals surface area contributed by atoms with E-state index in [0.29, 0.717) is 11.1 Å². The van der Waals surface area contributed by atoms with Crippen molar-refractivity contribution in [1.82, 2.24) is 4.98 Å². The monoisotopic (exact) mass is 541 g/mol. The molecule has 3 heteroatoms. The maximum absolute atomic E-state index is 14.4. The van der Waals surface area contributed by atoms with Gasteiger partial charge in [0.1, 0.15) is 5.82 Å². The van der Waals surface area contributed by atoms with E-state index < -0.39 is 0 Å². The van der Waals surface area contributed by atoms with Crippen molar-refractivity contribution in [3.63, 3.8) is 0 Å². The molecule has 0 aliphatic carbocycles. The molecule has 40 heavy (non-hydrogen) atoms. The van der Waals surface area contributed by atoms with Gasteiger partial charge < -0.3 is 0 Å². The summed E-state index contributed by atoms with van der Waals surface area (Å²) in [6.07, 6.45) is 0. The standard InChI is InChI=1S/C18H21F.C15H15NO.2C2H6/c1-12-8-6-7-9-15(12)16-11-14(18(3,4)5)10-13(2)17(16)19;1-10-6-4-5-7-14(10)15-9-13(12(3)17)8-11(2)16-15;2*1-2/h6-11H,1-5H3;4-9H,1-3H3;2*1-2H3. The Balaban J connectivity index is 0.000000358. The van der Waals surface area contributed by atoms with E-state index in [1.807, 2.05) is 128 Å². The molecule has 0 spiro atoms. The average Bonchev–Trinajstić information content (AvgIpc) is 2.92. The second-order valence-corrected chi connectivity index (χ2v) is 10.5. The molecule has 0 aliphatic rings. The Morgan fingerprint density at radius 3 is 1.65 bits per heavy atom. The minimum Gasteiger partial charge on any atom is -0.295 e. The smallest absolute Gasteiger partial charge is 0.159 e. The van der Waals surface area contributed by atoms with Crippen LogP contribution in [-0.2, 0) is 5.41 Å². The molecule has 0 saturated heterocycles. The van der Waals surface area contributed by atoms with Crippen LogP contribution in [0.4, 0.5) is 4.39 Å². The lowest BCUT2D eigenvalue weighted by Gasteiger charge is -2.22. The lowest BCUT2D eigenvalue weighted by atomic mass is 9.83. The highest BCUT2D eigenvalue weighted by Gasteiger charge is 2.19. The van der Waals surface area contributed by atoms with Crippen molar-refractivity contribution >= 4 is 5.78 Å². The molecule has 0 fully saturated rings. The van der Waals surface area contributed by atoms with Gasteiger partial charge in [0.2, 0.25) is 0 Å². The van der Waals surface area contributed by atoms with E-state index >= 15 is 0 Å². The summed E-state index contributed by atoms with van der Waals surface area (Å²) in [6, 6.07) is 23.6. The summed E-state index contributed by atoms with van der Waals surface area (Å²) < 4.78 is 14.4. The highest BCUT2D eigenvalue weighted by Crippen LogP contribution is 2.33. The van der Waals surface area contributed by atoms with Crippen molar-refractivity contribution in [2.45, 2.75) is 88.5 Å². The quantitative estimate of drug-likeness (QED) is 0.241. The number of pyridine rings is 1.